The van der Waals surface area contributed by atoms with Gasteiger partial charge in [-0.2, -0.15) is 13.2 Å². The molecule has 1 aliphatic rings. The van der Waals surface area contributed by atoms with Gasteiger partial charge in [-0.3, -0.25) is 14.3 Å². The first kappa shape index (κ1) is 29.9. The maximum atomic E-state index is 13.2. The zero-order chi connectivity index (χ0) is 28.1. The van der Waals surface area contributed by atoms with Crippen LogP contribution in [0.2, 0.25) is 0 Å². The summed E-state index contributed by atoms with van der Waals surface area (Å²) in [4.78, 5) is 50.3. The van der Waals surface area contributed by atoms with E-state index in [4.69, 9.17) is 25.4 Å². The van der Waals surface area contributed by atoms with Crippen molar-refractivity contribution in [3.8, 4) is 12.3 Å². The van der Waals surface area contributed by atoms with E-state index in [2.05, 4.69) is 11.2 Å². The second kappa shape index (κ2) is 11.8. The first-order valence-corrected chi connectivity index (χ1v) is 11.3. The Balaban J connectivity index is 2.18. The van der Waals surface area contributed by atoms with E-state index in [1.54, 1.807) is 39.6 Å². The molecule has 1 fully saturated rings. The van der Waals surface area contributed by atoms with Gasteiger partial charge in [0.2, 0.25) is 0 Å². The normalized spacial score (nSPS) is 20.8. The van der Waals surface area contributed by atoms with Gasteiger partial charge in [0.1, 0.15) is 42.8 Å². The topological polar surface area (TPSA) is 138 Å². The molecule has 0 aromatic carbocycles. The molecule has 1 aromatic rings. The molecule has 1 amide bonds. The van der Waals surface area contributed by atoms with Crippen LogP contribution in [0, 0.1) is 18.3 Å². The highest BCUT2D eigenvalue weighted by Crippen LogP contribution is 2.32. The smallest absolute Gasteiger partial charge is 0.423 e. The van der Waals surface area contributed by atoms with Crippen molar-refractivity contribution in [2.75, 3.05) is 13.2 Å². The quantitative estimate of drug-likeness (QED) is 0.382. The van der Waals surface area contributed by atoms with Crippen molar-refractivity contribution < 1.29 is 41.7 Å². The SMILES string of the molecule is C#CCO[C@H]1C[C@H](n2cc(C(F)(F)F)c(=O)[nH]c2=O)O[C@@H]1COC(=O)[C@H](NC(=O)OC(C)(C)C)C(C)C. The Morgan fingerprint density at radius 1 is 1.30 bits per heavy atom. The third-order valence-corrected chi connectivity index (χ3v) is 5.13. The van der Waals surface area contributed by atoms with Gasteiger partial charge in [-0.1, -0.05) is 19.8 Å². The van der Waals surface area contributed by atoms with Crippen LogP contribution in [0.4, 0.5) is 18.0 Å². The minimum atomic E-state index is -5.01. The summed E-state index contributed by atoms with van der Waals surface area (Å²) in [6.45, 7) is 7.71. The van der Waals surface area contributed by atoms with E-state index >= 15 is 0 Å². The number of terminal acetylenes is 1. The lowest BCUT2D eigenvalue weighted by Crippen LogP contribution is -2.47. The maximum Gasteiger partial charge on any atom is 0.423 e. The third kappa shape index (κ3) is 8.36. The molecule has 0 bridgehead atoms. The van der Waals surface area contributed by atoms with Crippen LogP contribution in [-0.2, 0) is 29.9 Å². The van der Waals surface area contributed by atoms with Gasteiger partial charge in [0.05, 0.1) is 6.10 Å². The Hall–Kier alpha value is -3.31. The second-order valence-electron chi connectivity index (χ2n) is 9.62. The van der Waals surface area contributed by atoms with E-state index in [1.807, 2.05) is 0 Å². The van der Waals surface area contributed by atoms with Gasteiger partial charge in [0.15, 0.2) is 0 Å². The molecule has 2 rings (SSSR count). The Morgan fingerprint density at radius 3 is 2.49 bits per heavy atom. The molecule has 206 valence electrons. The molecule has 1 aromatic heterocycles. The fraction of sp³-hybridized carbons (Fsp3) is 0.652. The average molecular weight is 534 g/mol. The summed E-state index contributed by atoms with van der Waals surface area (Å²) in [7, 11) is 0. The molecule has 0 spiro atoms. The van der Waals surface area contributed by atoms with Crippen LogP contribution in [-0.4, -0.2) is 58.7 Å². The van der Waals surface area contributed by atoms with Crippen LogP contribution in [0.25, 0.3) is 0 Å². The molecule has 0 radical (unpaired) electrons. The lowest BCUT2D eigenvalue weighted by Gasteiger charge is -2.25. The molecule has 37 heavy (non-hydrogen) atoms. The summed E-state index contributed by atoms with van der Waals surface area (Å²) >= 11 is 0. The van der Waals surface area contributed by atoms with Gasteiger partial charge in [-0.25, -0.2) is 14.4 Å². The van der Waals surface area contributed by atoms with Crippen molar-refractivity contribution in [3.05, 3.63) is 32.6 Å². The van der Waals surface area contributed by atoms with Crippen molar-refractivity contribution in [1.29, 1.82) is 0 Å². The monoisotopic (exact) mass is 533 g/mol. The summed E-state index contributed by atoms with van der Waals surface area (Å²) in [5.74, 6) is 1.05. The number of amides is 1. The van der Waals surface area contributed by atoms with Crippen LogP contribution >= 0.6 is 0 Å². The molecule has 0 unspecified atom stereocenters. The van der Waals surface area contributed by atoms with Gasteiger partial charge < -0.3 is 24.3 Å². The number of alkyl carbamates (subject to hydrolysis) is 1. The Labute approximate surface area is 210 Å². The number of hydrogen-bond acceptors (Lipinski definition) is 8. The molecule has 1 saturated heterocycles. The van der Waals surface area contributed by atoms with E-state index in [-0.39, 0.29) is 18.9 Å². The van der Waals surface area contributed by atoms with E-state index < -0.39 is 71.7 Å². The fourth-order valence-electron chi connectivity index (χ4n) is 3.44. The number of nitrogens with zero attached hydrogens (tertiary/aromatic N) is 1. The molecule has 14 heteroatoms. The summed E-state index contributed by atoms with van der Waals surface area (Å²) in [5, 5.41) is 2.44. The number of rotatable bonds is 8. The highest BCUT2D eigenvalue weighted by Gasteiger charge is 2.41. The number of halogens is 3. The second-order valence-corrected chi connectivity index (χ2v) is 9.62. The highest BCUT2D eigenvalue weighted by atomic mass is 19.4. The van der Waals surface area contributed by atoms with Gasteiger partial charge in [-0.15, -0.1) is 6.42 Å². The van der Waals surface area contributed by atoms with E-state index in [9.17, 15) is 32.3 Å². The first-order chi connectivity index (χ1) is 17.0. The molecule has 11 nitrogen and oxygen atoms in total. The molecular weight excluding hydrogens is 503 g/mol. The zero-order valence-corrected chi connectivity index (χ0v) is 21.0. The van der Waals surface area contributed by atoms with Crippen LogP contribution in [0.15, 0.2) is 15.8 Å². The average Bonchev–Trinajstić information content (AvgIpc) is 3.14. The Kier molecular flexibility index (Phi) is 9.56. The van der Waals surface area contributed by atoms with Crippen molar-refractivity contribution in [2.45, 2.75) is 77.3 Å². The number of esters is 1. The third-order valence-electron chi connectivity index (χ3n) is 5.13. The highest BCUT2D eigenvalue weighted by molar-refractivity contribution is 5.81. The maximum absolute atomic E-state index is 13.2. The molecule has 0 saturated carbocycles. The molecule has 2 N–H and O–H groups in total. The van der Waals surface area contributed by atoms with Crippen molar-refractivity contribution in [2.24, 2.45) is 5.92 Å². The largest absolute Gasteiger partial charge is 0.461 e. The predicted molar refractivity (Wildman–Crippen MR) is 122 cm³/mol. The molecule has 4 atom stereocenters. The lowest BCUT2D eigenvalue weighted by atomic mass is 10.1. The zero-order valence-electron chi connectivity index (χ0n) is 21.0. The number of alkyl halides is 3. The van der Waals surface area contributed by atoms with E-state index in [0.29, 0.717) is 10.8 Å². The standard InChI is InChI=1S/C23H30F3N3O8/c1-7-8-34-14-9-16(29-10-13(23(24,25)26)18(30)28-20(29)32)36-15(14)11-35-19(31)17(12(2)3)27-21(33)37-22(4,5)6/h1,10,12,14-17H,8-9,11H2,2-6H3,(H,27,33)(H,28,30,32)/t14-,15+,16+,17+/m0/s1. The summed E-state index contributed by atoms with van der Waals surface area (Å²) in [5.41, 5.74) is -5.10. The summed E-state index contributed by atoms with van der Waals surface area (Å²) in [6.07, 6.45) is -3.55. The van der Waals surface area contributed by atoms with Gasteiger partial charge in [0, 0.05) is 12.6 Å². The number of nitrogens with one attached hydrogen (secondary N) is 2. The van der Waals surface area contributed by atoms with Crippen LogP contribution in [0.3, 0.4) is 0 Å². The van der Waals surface area contributed by atoms with Crippen molar-refractivity contribution in [1.82, 2.24) is 14.9 Å². The molecule has 1 aliphatic heterocycles. The predicted octanol–water partition coefficient (Wildman–Crippen LogP) is 1.95. The minimum Gasteiger partial charge on any atom is -0.461 e. The minimum absolute atomic E-state index is 0.128. The van der Waals surface area contributed by atoms with Crippen molar-refractivity contribution >= 4 is 12.1 Å². The first-order valence-electron chi connectivity index (χ1n) is 11.3. The number of ether oxygens (including phenoxy) is 4. The van der Waals surface area contributed by atoms with Crippen LogP contribution in [0.1, 0.15) is 52.8 Å². The van der Waals surface area contributed by atoms with Crippen molar-refractivity contribution in [3.63, 3.8) is 0 Å². The van der Waals surface area contributed by atoms with E-state index in [1.165, 1.54) is 0 Å². The number of carbonyl (C=O) groups excluding carboxylic acids is 2. The van der Waals surface area contributed by atoms with Gasteiger partial charge >= 0.3 is 23.9 Å². The summed E-state index contributed by atoms with van der Waals surface area (Å²) < 4.78 is 61.8. The van der Waals surface area contributed by atoms with Gasteiger partial charge in [-0.05, 0) is 26.7 Å². The number of carbonyl (C=O) groups is 2. The Bertz CT molecular complexity index is 1130. The van der Waals surface area contributed by atoms with Crippen LogP contribution in [0.5, 0.6) is 0 Å². The number of aromatic nitrogens is 2. The summed E-state index contributed by atoms with van der Waals surface area (Å²) in [6, 6.07) is -1.08. The lowest BCUT2D eigenvalue weighted by molar-refractivity contribution is -0.154. The van der Waals surface area contributed by atoms with E-state index in [0.717, 1.165) is 0 Å². The molecule has 2 heterocycles. The Morgan fingerprint density at radius 2 is 1.95 bits per heavy atom. The molecule has 0 aliphatic carbocycles. The number of aromatic amines is 1. The number of hydrogen-bond donors (Lipinski definition) is 2. The molecular formula is C23H30F3N3O8. The number of H-pyrrole nitrogens is 1. The van der Waals surface area contributed by atoms with Gasteiger partial charge in [0.25, 0.3) is 5.56 Å². The fourth-order valence-corrected chi connectivity index (χ4v) is 3.44. The van der Waals surface area contributed by atoms with Crippen LogP contribution < -0.4 is 16.6 Å².